The maximum absolute atomic E-state index is 12.9. The zero-order chi connectivity index (χ0) is 20.2. The number of nitrogens with one attached hydrogen (secondary N) is 1. The van der Waals surface area contributed by atoms with Gasteiger partial charge in [-0.1, -0.05) is 77.8 Å². The lowest BCUT2D eigenvalue weighted by molar-refractivity contribution is 0.0956. The molecular weight excluding hydrogens is 382 g/mol. The molecule has 0 radical (unpaired) electrons. The van der Waals surface area contributed by atoms with Crippen molar-refractivity contribution in [1.29, 1.82) is 0 Å². The summed E-state index contributed by atoms with van der Waals surface area (Å²) < 4.78 is 0. The number of nitrogens with zero attached hydrogens (tertiary/aromatic N) is 2. The topological polar surface area (TPSA) is 54.4 Å². The summed E-state index contributed by atoms with van der Waals surface area (Å²) in [6.07, 6.45) is 1.62. The molecular formula is C24H18ClN3O. The average Bonchev–Trinajstić information content (AvgIpc) is 2.74. The van der Waals surface area contributed by atoms with Crippen LogP contribution in [0.4, 0.5) is 0 Å². The second-order valence-corrected chi connectivity index (χ2v) is 7.07. The molecule has 0 aliphatic rings. The summed E-state index contributed by atoms with van der Waals surface area (Å²) in [5.41, 5.74) is 7.32. The van der Waals surface area contributed by atoms with E-state index in [1.165, 1.54) is 5.56 Å². The molecule has 0 aliphatic carbocycles. The number of amides is 1. The molecule has 4 aromatic rings. The Bertz CT molecular complexity index is 1220. The van der Waals surface area contributed by atoms with Gasteiger partial charge in [-0.25, -0.2) is 10.4 Å². The van der Waals surface area contributed by atoms with Gasteiger partial charge in [0.2, 0.25) is 0 Å². The van der Waals surface area contributed by atoms with Crippen LogP contribution in [0.3, 0.4) is 0 Å². The van der Waals surface area contributed by atoms with Crippen LogP contribution in [0.15, 0.2) is 84.0 Å². The minimum absolute atomic E-state index is 0.305. The van der Waals surface area contributed by atoms with Crippen LogP contribution in [0.5, 0.6) is 0 Å². The molecule has 1 heterocycles. The number of carbonyl (C=O) groups is 1. The van der Waals surface area contributed by atoms with E-state index < -0.39 is 0 Å². The molecule has 0 fully saturated rings. The Labute approximate surface area is 173 Å². The van der Waals surface area contributed by atoms with Gasteiger partial charge in [0, 0.05) is 16.0 Å². The van der Waals surface area contributed by atoms with Crippen LogP contribution in [0.2, 0.25) is 5.02 Å². The molecule has 29 heavy (non-hydrogen) atoms. The molecule has 4 rings (SSSR count). The van der Waals surface area contributed by atoms with E-state index in [2.05, 4.69) is 15.5 Å². The molecule has 0 unspecified atom stereocenters. The van der Waals surface area contributed by atoms with E-state index in [1.54, 1.807) is 18.3 Å². The van der Waals surface area contributed by atoms with Crippen LogP contribution < -0.4 is 5.43 Å². The van der Waals surface area contributed by atoms with E-state index in [-0.39, 0.29) is 5.91 Å². The first-order valence-corrected chi connectivity index (χ1v) is 9.54. The molecule has 4 nitrogen and oxygen atoms in total. The largest absolute Gasteiger partial charge is 0.272 e. The number of pyridine rings is 1. The Morgan fingerprint density at radius 2 is 1.72 bits per heavy atom. The Kier molecular flexibility index (Phi) is 5.36. The maximum atomic E-state index is 12.9. The van der Waals surface area contributed by atoms with Crippen LogP contribution in [-0.4, -0.2) is 17.1 Å². The number of carbonyl (C=O) groups excluding carboxylic acids is 1. The predicted molar refractivity (Wildman–Crippen MR) is 118 cm³/mol. The Morgan fingerprint density at radius 1 is 1.00 bits per heavy atom. The lowest BCUT2D eigenvalue weighted by atomic mass is 10.0. The summed E-state index contributed by atoms with van der Waals surface area (Å²) in [7, 11) is 0. The fourth-order valence-electron chi connectivity index (χ4n) is 3.05. The molecule has 0 spiro atoms. The second-order valence-electron chi connectivity index (χ2n) is 6.66. The fraction of sp³-hybridized carbons (Fsp3) is 0.0417. The van der Waals surface area contributed by atoms with Crippen LogP contribution in [0.25, 0.3) is 22.2 Å². The highest BCUT2D eigenvalue weighted by Crippen LogP contribution is 2.29. The molecule has 1 amide bonds. The van der Waals surface area contributed by atoms with Crippen molar-refractivity contribution in [1.82, 2.24) is 10.4 Å². The highest BCUT2D eigenvalue weighted by molar-refractivity contribution is 6.33. The van der Waals surface area contributed by atoms with Gasteiger partial charge in [-0.15, -0.1) is 0 Å². The number of aryl methyl sites for hydroxylation is 1. The van der Waals surface area contributed by atoms with E-state index >= 15 is 0 Å². The first kappa shape index (κ1) is 18.8. The first-order chi connectivity index (χ1) is 14.1. The number of rotatable bonds is 4. The Balaban J connectivity index is 1.69. The van der Waals surface area contributed by atoms with Gasteiger partial charge >= 0.3 is 0 Å². The summed E-state index contributed by atoms with van der Waals surface area (Å²) in [5.74, 6) is -0.305. The lowest BCUT2D eigenvalue weighted by Crippen LogP contribution is -2.18. The Morgan fingerprint density at radius 3 is 2.52 bits per heavy atom. The van der Waals surface area contributed by atoms with Crippen molar-refractivity contribution in [2.45, 2.75) is 6.92 Å². The SMILES string of the molecule is Cc1ccc(/C=N/NC(=O)c2cc(-c3ccccc3Cl)nc3ccccc23)cc1. The van der Waals surface area contributed by atoms with E-state index in [4.69, 9.17) is 11.6 Å². The van der Waals surface area contributed by atoms with E-state index in [1.807, 2.05) is 73.7 Å². The number of hydrogen-bond acceptors (Lipinski definition) is 3. The van der Waals surface area contributed by atoms with Gasteiger partial charge < -0.3 is 0 Å². The molecule has 142 valence electrons. The maximum Gasteiger partial charge on any atom is 0.272 e. The summed E-state index contributed by atoms with van der Waals surface area (Å²) >= 11 is 6.34. The molecule has 1 aromatic heterocycles. The third-order valence-electron chi connectivity index (χ3n) is 4.57. The van der Waals surface area contributed by atoms with Crippen LogP contribution >= 0.6 is 11.6 Å². The minimum Gasteiger partial charge on any atom is -0.267 e. The van der Waals surface area contributed by atoms with Crippen LogP contribution in [0.1, 0.15) is 21.5 Å². The quantitative estimate of drug-likeness (QED) is 0.357. The third-order valence-corrected chi connectivity index (χ3v) is 4.90. The van der Waals surface area contributed by atoms with Crippen molar-refractivity contribution in [3.8, 4) is 11.3 Å². The van der Waals surface area contributed by atoms with E-state index in [0.717, 1.165) is 22.0 Å². The normalized spacial score (nSPS) is 11.1. The highest BCUT2D eigenvalue weighted by atomic mass is 35.5. The number of halogens is 1. The molecule has 5 heteroatoms. The summed E-state index contributed by atoms with van der Waals surface area (Å²) in [4.78, 5) is 17.6. The van der Waals surface area contributed by atoms with Crippen molar-refractivity contribution in [3.63, 3.8) is 0 Å². The van der Waals surface area contributed by atoms with Gasteiger partial charge in [0.05, 0.1) is 23.0 Å². The minimum atomic E-state index is -0.305. The second kappa shape index (κ2) is 8.25. The number of fused-ring (bicyclic) bond motifs is 1. The van der Waals surface area contributed by atoms with Gasteiger partial charge in [0.25, 0.3) is 5.91 Å². The fourth-order valence-corrected chi connectivity index (χ4v) is 3.28. The summed E-state index contributed by atoms with van der Waals surface area (Å²) in [6, 6.07) is 24.6. The molecule has 0 saturated heterocycles. The first-order valence-electron chi connectivity index (χ1n) is 9.16. The molecule has 0 bridgehead atoms. The van der Waals surface area contributed by atoms with Crippen molar-refractivity contribution in [3.05, 3.63) is 101 Å². The highest BCUT2D eigenvalue weighted by Gasteiger charge is 2.14. The van der Waals surface area contributed by atoms with Crippen molar-refractivity contribution >= 4 is 34.6 Å². The number of hydrogen-bond donors (Lipinski definition) is 1. The molecule has 0 aliphatic heterocycles. The summed E-state index contributed by atoms with van der Waals surface area (Å²) in [6.45, 7) is 2.02. The molecule has 0 atom stereocenters. The van der Waals surface area contributed by atoms with Crippen molar-refractivity contribution in [2.24, 2.45) is 5.10 Å². The number of aromatic nitrogens is 1. The summed E-state index contributed by atoms with van der Waals surface area (Å²) in [5, 5.41) is 5.44. The van der Waals surface area contributed by atoms with E-state index in [9.17, 15) is 4.79 Å². The van der Waals surface area contributed by atoms with Crippen LogP contribution in [-0.2, 0) is 0 Å². The standard InChI is InChI=1S/C24H18ClN3O/c1-16-10-12-17(13-11-16)15-26-28-24(29)20-14-23(19-7-2-4-8-21(19)25)27-22-9-5-3-6-18(20)22/h2-15H,1H3,(H,28,29)/b26-15+. The van der Waals surface area contributed by atoms with Gasteiger partial charge in [-0.2, -0.15) is 5.10 Å². The number of para-hydroxylation sites is 1. The van der Waals surface area contributed by atoms with Gasteiger partial charge in [0.1, 0.15) is 0 Å². The smallest absolute Gasteiger partial charge is 0.267 e. The van der Waals surface area contributed by atoms with Gasteiger partial charge in [0.15, 0.2) is 0 Å². The van der Waals surface area contributed by atoms with Gasteiger partial charge in [-0.05, 0) is 30.7 Å². The average molecular weight is 400 g/mol. The zero-order valence-corrected chi connectivity index (χ0v) is 16.5. The number of benzene rings is 3. The lowest BCUT2D eigenvalue weighted by Gasteiger charge is -2.10. The van der Waals surface area contributed by atoms with Gasteiger partial charge in [-0.3, -0.25) is 4.79 Å². The van der Waals surface area contributed by atoms with E-state index in [0.29, 0.717) is 16.3 Å². The molecule has 0 saturated carbocycles. The third kappa shape index (κ3) is 4.18. The van der Waals surface area contributed by atoms with Crippen LogP contribution in [0, 0.1) is 6.92 Å². The Hall–Kier alpha value is -3.50. The predicted octanol–water partition coefficient (Wildman–Crippen LogP) is 5.63. The van der Waals surface area contributed by atoms with Crippen molar-refractivity contribution in [2.75, 3.05) is 0 Å². The monoisotopic (exact) mass is 399 g/mol. The number of hydrazone groups is 1. The molecule has 3 aromatic carbocycles. The zero-order valence-electron chi connectivity index (χ0n) is 15.8. The van der Waals surface area contributed by atoms with Crippen molar-refractivity contribution < 1.29 is 4.79 Å². The molecule has 1 N–H and O–H groups in total.